The standard InChI is InChI=1S/C18H29N3O2S/c1-6-19-17(21-9-10-24-18(2,3)13-21)20-12-14-7-8-15(22-4)11-16(14)23-5/h7-8,11H,6,9-10,12-13H2,1-5H3,(H,19,20). The molecule has 0 radical (unpaired) electrons. The molecule has 0 aromatic heterocycles. The normalized spacial score (nSPS) is 17.5. The Balaban J connectivity index is 2.16. The van der Waals surface area contributed by atoms with E-state index in [1.54, 1.807) is 14.2 Å². The number of nitrogens with one attached hydrogen (secondary N) is 1. The molecular formula is C18H29N3O2S. The van der Waals surface area contributed by atoms with Gasteiger partial charge in [-0.15, -0.1) is 0 Å². The van der Waals surface area contributed by atoms with Gasteiger partial charge in [-0.3, -0.25) is 0 Å². The fourth-order valence-electron chi connectivity index (χ4n) is 2.77. The molecule has 1 fully saturated rings. The van der Waals surface area contributed by atoms with Crippen LogP contribution in [0.2, 0.25) is 0 Å². The maximum Gasteiger partial charge on any atom is 0.194 e. The number of hydrogen-bond donors (Lipinski definition) is 1. The molecule has 0 atom stereocenters. The van der Waals surface area contributed by atoms with Gasteiger partial charge in [-0.05, 0) is 32.9 Å². The Kier molecular flexibility index (Phi) is 6.66. The largest absolute Gasteiger partial charge is 0.497 e. The van der Waals surface area contributed by atoms with Crippen LogP contribution in [-0.4, -0.2) is 55.2 Å². The summed E-state index contributed by atoms with van der Waals surface area (Å²) in [6, 6.07) is 5.86. The molecule has 0 saturated carbocycles. The Hall–Kier alpha value is -1.56. The zero-order valence-electron chi connectivity index (χ0n) is 15.4. The minimum absolute atomic E-state index is 0.256. The summed E-state index contributed by atoms with van der Waals surface area (Å²) in [7, 11) is 3.34. The van der Waals surface area contributed by atoms with Crippen molar-refractivity contribution in [1.29, 1.82) is 0 Å². The summed E-state index contributed by atoms with van der Waals surface area (Å²) in [6.45, 7) is 10.2. The van der Waals surface area contributed by atoms with Gasteiger partial charge in [-0.1, -0.05) is 0 Å². The summed E-state index contributed by atoms with van der Waals surface area (Å²) in [4.78, 5) is 7.20. The molecule has 1 aliphatic rings. The van der Waals surface area contributed by atoms with Crippen molar-refractivity contribution in [2.24, 2.45) is 4.99 Å². The van der Waals surface area contributed by atoms with Crippen LogP contribution in [0.5, 0.6) is 11.5 Å². The molecule has 1 aromatic rings. The molecule has 5 nitrogen and oxygen atoms in total. The summed E-state index contributed by atoms with van der Waals surface area (Å²) in [5.41, 5.74) is 1.05. The summed E-state index contributed by atoms with van der Waals surface area (Å²) >= 11 is 2.03. The van der Waals surface area contributed by atoms with Crippen LogP contribution in [0.1, 0.15) is 26.3 Å². The van der Waals surface area contributed by atoms with Gasteiger partial charge in [0.15, 0.2) is 5.96 Å². The first-order valence-corrected chi connectivity index (χ1v) is 9.35. The number of benzene rings is 1. The number of nitrogens with zero attached hydrogens (tertiary/aromatic N) is 2. The van der Waals surface area contributed by atoms with Crippen LogP contribution < -0.4 is 14.8 Å². The van der Waals surface area contributed by atoms with Gasteiger partial charge in [-0.25, -0.2) is 4.99 Å². The lowest BCUT2D eigenvalue weighted by Gasteiger charge is -2.39. The molecule has 6 heteroatoms. The highest BCUT2D eigenvalue weighted by molar-refractivity contribution is 8.00. The Bertz CT molecular complexity index is 575. The molecule has 0 aliphatic carbocycles. The predicted octanol–water partition coefficient (Wildman–Crippen LogP) is 3.00. The van der Waals surface area contributed by atoms with E-state index in [0.29, 0.717) is 6.54 Å². The third kappa shape index (κ3) is 4.97. The number of rotatable bonds is 5. The fraction of sp³-hybridized carbons (Fsp3) is 0.611. The molecule has 2 rings (SSSR count). The van der Waals surface area contributed by atoms with Gasteiger partial charge in [0.05, 0.1) is 20.8 Å². The van der Waals surface area contributed by atoms with Gasteiger partial charge in [0.2, 0.25) is 0 Å². The second-order valence-corrected chi connectivity index (χ2v) is 8.18. The average molecular weight is 352 g/mol. The van der Waals surface area contributed by atoms with E-state index in [2.05, 4.69) is 31.0 Å². The van der Waals surface area contributed by atoms with Crippen LogP contribution in [0.15, 0.2) is 23.2 Å². The van der Waals surface area contributed by atoms with Gasteiger partial charge in [0.25, 0.3) is 0 Å². The van der Waals surface area contributed by atoms with Crippen molar-refractivity contribution in [3.05, 3.63) is 23.8 Å². The molecule has 24 heavy (non-hydrogen) atoms. The van der Waals surface area contributed by atoms with Gasteiger partial charge >= 0.3 is 0 Å². The maximum atomic E-state index is 5.47. The Morgan fingerprint density at radius 2 is 2.12 bits per heavy atom. The Morgan fingerprint density at radius 1 is 1.33 bits per heavy atom. The summed E-state index contributed by atoms with van der Waals surface area (Å²) < 4.78 is 11.0. The minimum Gasteiger partial charge on any atom is -0.497 e. The predicted molar refractivity (Wildman–Crippen MR) is 102 cm³/mol. The molecule has 1 aromatic carbocycles. The monoisotopic (exact) mass is 351 g/mol. The topological polar surface area (TPSA) is 46.1 Å². The van der Waals surface area contributed by atoms with Crippen molar-refractivity contribution in [2.45, 2.75) is 32.1 Å². The smallest absolute Gasteiger partial charge is 0.194 e. The highest BCUT2D eigenvalue weighted by Gasteiger charge is 2.28. The van der Waals surface area contributed by atoms with Crippen molar-refractivity contribution in [3.8, 4) is 11.5 Å². The van der Waals surface area contributed by atoms with Crippen molar-refractivity contribution >= 4 is 17.7 Å². The number of hydrogen-bond acceptors (Lipinski definition) is 4. The van der Waals surface area contributed by atoms with E-state index in [1.165, 1.54) is 0 Å². The quantitative estimate of drug-likeness (QED) is 0.653. The van der Waals surface area contributed by atoms with Crippen LogP contribution in [0.3, 0.4) is 0 Å². The van der Waals surface area contributed by atoms with Gasteiger partial charge in [-0.2, -0.15) is 11.8 Å². The molecule has 0 bridgehead atoms. The third-order valence-corrected chi connectivity index (χ3v) is 5.25. The van der Waals surface area contributed by atoms with E-state index in [0.717, 1.165) is 48.4 Å². The molecule has 1 N–H and O–H groups in total. The SMILES string of the molecule is CCNC(=NCc1ccc(OC)cc1OC)N1CCSC(C)(C)C1. The number of methoxy groups -OCH3 is 2. The minimum atomic E-state index is 0.256. The second-order valence-electron chi connectivity index (χ2n) is 6.38. The highest BCUT2D eigenvalue weighted by Crippen LogP contribution is 2.30. The number of ether oxygens (including phenoxy) is 2. The van der Waals surface area contributed by atoms with Crippen LogP contribution in [0.25, 0.3) is 0 Å². The summed E-state index contributed by atoms with van der Waals surface area (Å²) in [5.74, 6) is 3.71. The van der Waals surface area contributed by atoms with Gasteiger partial charge < -0.3 is 19.7 Å². The zero-order chi connectivity index (χ0) is 17.6. The van der Waals surface area contributed by atoms with E-state index in [9.17, 15) is 0 Å². The van der Waals surface area contributed by atoms with Crippen LogP contribution in [-0.2, 0) is 6.54 Å². The van der Waals surface area contributed by atoms with E-state index in [1.807, 2.05) is 30.0 Å². The number of guanidine groups is 1. The first kappa shape index (κ1) is 18.8. The van der Waals surface area contributed by atoms with E-state index in [-0.39, 0.29) is 4.75 Å². The van der Waals surface area contributed by atoms with E-state index >= 15 is 0 Å². The molecule has 0 unspecified atom stereocenters. The lowest BCUT2D eigenvalue weighted by molar-refractivity contribution is 0.375. The lowest BCUT2D eigenvalue weighted by Crippen LogP contribution is -2.50. The number of thioether (sulfide) groups is 1. The molecule has 0 amide bonds. The first-order chi connectivity index (χ1) is 11.5. The summed E-state index contributed by atoms with van der Waals surface area (Å²) in [5, 5.41) is 3.42. The fourth-order valence-corrected chi connectivity index (χ4v) is 3.88. The Labute approximate surface area is 149 Å². The Morgan fingerprint density at radius 3 is 2.75 bits per heavy atom. The molecule has 1 heterocycles. The van der Waals surface area contributed by atoms with Crippen molar-refractivity contribution in [3.63, 3.8) is 0 Å². The molecular weight excluding hydrogens is 322 g/mol. The molecule has 0 spiro atoms. The second kappa shape index (κ2) is 8.51. The van der Waals surface area contributed by atoms with Crippen LogP contribution in [0, 0.1) is 0 Å². The summed E-state index contributed by atoms with van der Waals surface area (Å²) in [6.07, 6.45) is 0. The molecule has 1 aliphatic heterocycles. The molecule has 134 valence electrons. The van der Waals surface area contributed by atoms with Gasteiger partial charge in [0, 0.05) is 41.8 Å². The van der Waals surface area contributed by atoms with Crippen LogP contribution in [0.4, 0.5) is 0 Å². The number of aliphatic imine (C=N–C) groups is 1. The van der Waals surface area contributed by atoms with Crippen molar-refractivity contribution in [2.75, 3.05) is 39.6 Å². The average Bonchev–Trinajstić information content (AvgIpc) is 2.57. The zero-order valence-corrected chi connectivity index (χ0v) is 16.2. The first-order valence-electron chi connectivity index (χ1n) is 8.37. The van der Waals surface area contributed by atoms with E-state index in [4.69, 9.17) is 14.5 Å². The van der Waals surface area contributed by atoms with Crippen molar-refractivity contribution < 1.29 is 9.47 Å². The lowest BCUT2D eigenvalue weighted by atomic mass is 10.2. The van der Waals surface area contributed by atoms with Crippen LogP contribution >= 0.6 is 11.8 Å². The highest BCUT2D eigenvalue weighted by atomic mass is 32.2. The molecule has 1 saturated heterocycles. The third-order valence-electron chi connectivity index (χ3n) is 3.95. The van der Waals surface area contributed by atoms with Crippen molar-refractivity contribution in [1.82, 2.24) is 10.2 Å². The van der Waals surface area contributed by atoms with E-state index < -0.39 is 0 Å². The van der Waals surface area contributed by atoms with Gasteiger partial charge in [0.1, 0.15) is 11.5 Å². The maximum absolute atomic E-state index is 5.47.